The summed E-state index contributed by atoms with van der Waals surface area (Å²) in [5.74, 6) is 5.04. The minimum atomic E-state index is -0.668. The van der Waals surface area contributed by atoms with Crippen LogP contribution in [0.2, 0.25) is 0 Å². The fourth-order valence-electron chi connectivity index (χ4n) is 6.41. The summed E-state index contributed by atoms with van der Waals surface area (Å²) in [5.41, 5.74) is 3.37. The van der Waals surface area contributed by atoms with E-state index in [2.05, 4.69) is 88.3 Å². The number of hydrogen-bond donors (Lipinski definition) is 1. The highest BCUT2D eigenvalue weighted by molar-refractivity contribution is 5.64. The first-order valence-corrected chi connectivity index (χ1v) is 23.7. The second-order valence-corrected chi connectivity index (χ2v) is 18.3. The van der Waals surface area contributed by atoms with Crippen molar-refractivity contribution >= 4 is 6.16 Å². The summed E-state index contributed by atoms with van der Waals surface area (Å²) in [6.45, 7) is 33.6. The molecule has 0 spiro atoms. The van der Waals surface area contributed by atoms with E-state index in [1.165, 1.54) is 42.4 Å². The van der Waals surface area contributed by atoms with Crippen LogP contribution in [0.3, 0.4) is 0 Å². The van der Waals surface area contributed by atoms with E-state index in [0.717, 1.165) is 56.5 Å². The van der Waals surface area contributed by atoms with Crippen molar-refractivity contribution in [3.05, 3.63) is 89.5 Å². The summed E-state index contributed by atoms with van der Waals surface area (Å²) in [5, 5.41) is 9.01. The Morgan fingerprint density at radius 1 is 0.565 bits per heavy atom. The minimum absolute atomic E-state index is 0.130. The molecule has 0 saturated heterocycles. The van der Waals surface area contributed by atoms with Gasteiger partial charge in [-0.3, -0.25) is 0 Å². The van der Waals surface area contributed by atoms with Crippen LogP contribution in [0, 0.1) is 11.8 Å². The van der Waals surface area contributed by atoms with Gasteiger partial charge in [0.25, 0.3) is 0 Å². The quantitative estimate of drug-likeness (QED) is 0.0768. The molecular formula is C54H88O8. The van der Waals surface area contributed by atoms with E-state index >= 15 is 0 Å². The molecule has 0 radical (unpaired) electrons. The van der Waals surface area contributed by atoms with Crippen molar-refractivity contribution in [1.29, 1.82) is 0 Å². The average molecular weight is 865 g/mol. The largest absolute Gasteiger partial charge is 0.514 e. The molecule has 8 nitrogen and oxygen atoms in total. The molecule has 62 heavy (non-hydrogen) atoms. The van der Waals surface area contributed by atoms with E-state index in [-0.39, 0.29) is 6.29 Å². The lowest BCUT2D eigenvalue weighted by Crippen LogP contribution is -2.25. The third-order valence-corrected chi connectivity index (χ3v) is 11.0. The molecule has 4 rings (SSSR count). The maximum absolute atomic E-state index is 11.5. The van der Waals surface area contributed by atoms with Crippen molar-refractivity contribution < 1.29 is 38.3 Å². The van der Waals surface area contributed by atoms with Crippen LogP contribution in [0.5, 0.6) is 17.2 Å². The lowest BCUT2D eigenvalue weighted by atomic mass is 9.83. The first kappa shape index (κ1) is 56.4. The molecule has 3 aromatic carbocycles. The fraction of sp³-hybridized carbons (Fsp3) is 0.648. The molecule has 1 N–H and O–H groups in total. The van der Waals surface area contributed by atoms with Gasteiger partial charge < -0.3 is 33.5 Å². The first-order chi connectivity index (χ1) is 29.3. The van der Waals surface area contributed by atoms with Gasteiger partial charge in [-0.25, -0.2) is 4.79 Å². The van der Waals surface area contributed by atoms with Gasteiger partial charge in [0.05, 0.1) is 12.2 Å². The Bertz CT molecular complexity index is 1520. The number of phenols is 1. The Hall–Kier alpha value is -3.59. The molecule has 0 heterocycles. The molecule has 0 aromatic heterocycles. The van der Waals surface area contributed by atoms with Gasteiger partial charge in [0.2, 0.25) is 0 Å². The van der Waals surface area contributed by atoms with Crippen molar-refractivity contribution in [2.75, 3.05) is 19.8 Å². The van der Waals surface area contributed by atoms with E-state index in [1.54, 1.807) is 45.0 Å². The monoisotopic (exact) mass is 865 g/mol. The summed E-state index contributed by atoms with van der Waals surface area (Å²) < 4.78 is 32.8. The first-order valence-electron chi connectivity index (χ1n) is 23.7. The number of aromatic hydroxyl groups is 1. The Morgan fingerprint density at radius 2 is 0.935 bits per heavy atom. The Labute approximate surface area is 378 Å². The zero-order chi connectivity index (χ0) is 46.7. The molecule has 1 saturated carbocycles. The molecule has 0 aliphatic heterocycles. The number of benzene rings is 3. The van der Waals surface area contributed by atoms with Crippen molar-refractivity contribution in [3.63, 3.8) is 0 Å². The molecule has 0 bridgehead atoms. The predicted octanol–water partition coefficient (Wildman–Crippen LogP) is 15.4. The van der Waals surface area contributed by atoms with Gasteiger partial charge in [-0.2, -0.15) is 0 Å². The Balaban J connectivity index is 0.000000419. The Kier molecular flexibility index (Phi) is 28.5. The topological polar surface area (TPSA) is 92.7 Å². The molecule has 4 atom stereocenters. The standard InChI is InChI=1S/C15H22O3.C15H24O2.C14H28O2.C10H14O/c1-6-11(2)12-7-9-13(10-8-12)17-14(16)18-15(3,4)5;1-5-12(4)13-8-10-14(11-9-13)17-15(6-2)16-7-3;1-11(2)15-9-13-5-7-14(8-6-13)10-16-12(3)4;1-3-8(2)9-4-6-10(11)7-5-9/h7-11H,6H2,1-5H3;8-12,15H,5-7H2,1-4H3;11-14H,5-10H2,1-4H3;4-8,11H,3H2,1-2H3. The maximum atomic E-state index is 11.5. The molecule has 8 heteroatoms. The van der Waals surface area contributed by atoms with Gasteiger partial charge in [-0.1, -0.05) is 84.9 Å². The molecule has 1 aliphatic carbocycles. The van der Waals surface area contributed by atoms with E-state index in [4.69, 9.17) is 33.5 Å². The van der Waals surface area contributed by atoms with Crippen molar-refractivity contribution in [3.8, 4) is 17.2 Å². The van der Waals surface area contributed by atoms with Gasteiger partial charge in [0.15, 0.2) is 6.29 Å². The van der Waals surface area contributed by atoms with Gasteiger partial charge in [0.1, 0.15) is 22.8 Å². The normalized spacial score (nSPS) is 16.9. The highest BCUT2D eigenvalue weighted by Crippen LogP contribution is 2.30. The number of carbonyl (C=O) groups is 1. The van der Waals surface area contributed by atoms with Gasteiger partial charge >= 0.3 is 6.16 Å². The molecule has 3 aromatic rings. The van der Waals surface area contributed by atoms with Crippen LogP contribution in [-0.2, 0) is 18.9 Å². The number of phenolic OH excluding ortho intramolecular Hbond substituents is 1. The molecular weight excluding hydrogens is 777 g/mol. The SMILES string of the molecule is CC(C)OCC1CCC(COC(C)C)CC1.CCC(C)c1ccc(O)cc1.CCC(C)c1ccc(OC(=O)OC(C)(C)C)cc1.CCOC(CC)Oc1ccc(C(C)CC)cc1. The van der Waals surface area contributed by atoms with Crippen LogP contribution >= 0.6 is 0 Å². The van der Waals surface area contributed by atoms with Crippen LogP contribution in [0.25, 0.3) is 0 Å². The van der Waals surface area contributed by atoms with E-state index in [1.807, 2.05) is 43.3 Å². The molecule has 1 aliphatic rings. The van der Waals surface area contributed by atoms with E-state index in [0.29, 0.717) is 48.1 Å². The number of rotatable bonds is 18. The van der Waals surface area contributed by atoms with E-state index in [9.17, 15) is 4.79 Å². The average Bonchev–Trinajstić information content (AvgIpc) is 3.25. The van der Waals surface area contributed by atoms with Crippen LogP contribution < -0.4 is 9.47 Å². The minimum Gasteiger partial charge on any atom is -0.508 e. The summed E-state index contributed by atoms with van der Waals surface area (Å²) >= 11 is 0. The van der Waals surface area contributed by atoms with Crippen molar-refractivity contribution in [2.45, 2.75) is 197 Å². The third kappa shape index (κ3) is 25.5. The van der Waals surface area contributed by atoms with Crippen molar-refractivity contribution in [2.24, 2.45) is 11.8 Å². The van der Waals surface area contributed by atoms with Crippen LogP contribution in [0.15, 0.2) is 72.8 Å². The highest BCUT2D eigenvalue weighted by atomic mass is 16.7. The Morgan fingerprint density at radius 3 is 1.26 bits per heavy atom. The summed E-state index contributed by atoms with van der Waals surface area (Å²) in [6.07, 6.45) is 9.49. The predicted molar refractivity (Wildman–Crippen MR) is 258 cm³/mol. The zero-order valence-electron chi connectivity index (χ0n) is 41.6. The van der Waals surface area contributed by atoms with Crippen LogP contribution in [-0.4, -0.2) is 55.2 Å². The van der Waals surface area contributed by atoms with Crippen LogP contribution in [0.4, 0.5) is 4.79 Å². The van der Waals surface area contributed by atoms with Crippen molar-refractivity contribution in [1.82, 2.24) is 0 Å². The lowest BCUT2D eigenvalue weighted by molar-refractivity contribution is -0.0766. The summed E-state index contributed by atoms with van der Waals surface area (Å²) in [4.78, 5) is 11.5. The summed E-state index contributed by atoms with van der Waals surface area (Å²) in [7, 11) is 0. The fourth-order valence-corrected chi connectivity index (χ4v) is 6.41. The third-order valence-electron chi connectivity index (χ3n) is 11.0. The highest BCUT2D eigenvalue weighted by Gasteiger charge is 2.22. The maximum Gasteiger partial charge on any atom is 0.514 e. The number of hydrogen-bond acceptors (Lipinski definition) is 8. The molecule has 4 unspecified atom stereocenters. The number of ether oxygens (including phenoxy) is 6. The zero-order valence-corrected chi connectivity index (χ0v) is 41.6. The van der Waals surface area contributed by atoms with E-state index < -0.39 is 11.8 Å². The van der Waals surface area contributed by atoms with Gasteiger partial charge in [0, 0.05) is 26.2 Å². The molecule has 352 valence electrons. The second-order valence-electron chi connectivity index (χ2n) is 18.3. The summed E-state index contributed by atoms with van der Waals surface area (Å²) in [6, 6.07) is 23.3. The van der Waals surface area contributed by atoms with Gasteiger partial charge in [-0.05, 0) is 183 Å². The smallest absolute Gasteiger partial charge is 0.508 e. The second kappa shape index (κ2) is 31.3. The lowest BCUT2D eigenvalue weighted by Gasteiger charge is -2.29. The number of carbonyl (C=O) groups excluding carboxylic acids is 1. The molecule has 0 amide bonds. The van der Waals surface area contributed by atoms with Crippen LogP contribution in [0.1, 0.15) is 190 Å². The molecule has 1 fully saturated rings. The van der Waals surface area contributed by atoms with Gasteiger partial charge in [-0.15, -0.1) is 0 Å².